The van der Waals surface area contributed by atoms with Gasteiger partial charge in [-0.3, -0.25) is 0 Å². The van der Waals surface area contributed by atoms with Crippen molar-refractivity contribution in [2.75, 3.05) is 28.4 Å². The molecule has 1 aliphatic carbocycles. The van der Waals surface area contributed by atoms with Gasteiger partial charge in [-0.2, -0.15) is 0 Å². The number of ether oxygens (including phenoxy) is 5. The first-order chi connectivity index (χ1) is 21.8. The summed E-state index contributed by atoms with van der Waals surface area (Å²) in [6.45, 7) is 12.1. The molecule has 45 heavy (non-hydrogen) atoms. The Labute approximate surface area is 263 Å². The highest BCUT2D eigenvalue weighted by Gasteiger charge is 2.45. The summed E-state index contributed by atoms with van der Waals surface area (Å²) in [5, 5.41) is 2.10. The van der Waals surface area contributed by atoms with Crippen LogP contribution in [0, 0.1) is 6.57 Å². The van der Waals surface area contributed by atoms with Gasteiger partial charge in [0, 0.05) is 39.6 Å². The maximum Gasteiger partial charge on any atom is 0.187 e. The summed E-state index contributed by atoms with van der Waals surface area (Å²) in [6, 6.07) is 26.0. The van der Waals surface area contributed by atoms with E-state index in [0.29, 0.717) is 28.7 Å². The number of methoxy groups -OCH3 is 4. The third-order valence-electron chi connectivity index (χ3n) is 9.21. The third kappa shape index (κ3) is 4.15. The molecule has 0 unspecified atom stereocenters. The number of fused-ring (bicyclic) bond motifs is 8. The van der Waals surface area contributed by atoms with Gasteiger partial charge in [0.25, 0.3) is 0 Å². The molecular formula is C39H33NO5. The zero-order chi connectivity index (χ0) is 31.5. The molecule has 0 N–H and O–H groups in total. The van der Waals surface area contributed by atoms with Crippen LogP contribution in [0.5, 0.6) is 28.7 Å². The molecule has 0 fully saturated rings. The predicted octanol–water partition coefficient (Wildman–Crippen LogP) is 9.08. The molecule has 1 aliphatic heterocycles. The standard InChI is InChI=1S/C39H33NO5/c1-38(2)34-20-25(40-3)12-13-32(34)35-30-10-8-9-11-31(30)37-33(36(35)38)14-15-39(45-37,23-16-26(41-4)21-27(17-23)42-5)24-18-28(43-6)22-29(19-24)44-7/h8-22H,1-2,4-7H3. The van der Waals surface area contributed by atoms with E-state index >= 15 is 0 Å². The molecule has 1 heterocycles. The van der Waals surface area contributed by atoms with Gasteiger partial charge < -0.3 is 23.7 Å². The van der Waals surface area contributed by atoms with Crippen LogP contribution in [0.4, 0.5) is 5.69 Å². The fourth-order valence-electron chi connectivity index (χ4n) is 7.01. The summed E-state index contributed by atoms with van der Waals surface area (Å²) in [4.78, 5) is 3.74. The van der Waals surface area contributed by atoms with Gasteiger partial charge >= 0.3 is 0 Å². The lowest BCUT2D eigenvalue weighted by molar-refractivity contribution is 0.161. The molecule has 6 nitrogen and oxygen atoms in total. The van der Waals surface area contributed by atoms with E-state index in [-0.39, 0.29) is 5.41 Å². The van der Waals surface area contributed by atoms with E-state index in [2.05, 4.69) is 55.1 Å². The number of hydrogen-bond acceptors (Lipinski definition) is 5. The summed E-state index contributed by atoms with van der Waals surface area (Å²) >= 11 is 0. The first-order valence-electron chi connectivity index (χ1n) is 14.7. The van der Waals surface area contributed by atoms with Crippen molar-refractivity contribution in [1.29, 1.82) is 0 Å². The largest absolute Gasteiger partial charge is 0.497 e. The van der Waals surface area contributed by atoms with Crippen molar-refractivity contribution in [2.24, 2.45) is 0 Å². The first-order valence-corrected chi connectivity index (χ1v) is 14.7. The van der Waals surface area contributed by atoms with Crippen LogP contribution in [-0.2, 0) is 11.0 Å². The van der Waals surface area contributed by atoms with Crippen LogP contribution in [-0.4, -0.2) is 28.4 Å². The van der Waals surface area contributed by atoms with Crippen molar-refractivity contribution in [3.8, 4) is 39.9 Å². The highest BCUT2D eigenvalue weighted by atomic mass is 16.5. The normalized spacial score (nSPS) is 14.9. The van der Waals surface area contributed by atoms with Crippen molar-refractivity contribution in [1.82, 2.24) is 0 Å². The minimum absolute atomic E-state index is 0.369. The van der Waals surface area contributed by atoms with E-state index in [0.717, 1.165) is 44.3 Å². The Balaban J connectivity index is 1.57. The van der Waals surface area contributed by atoms with E-state index in [4.69, 9.17) is 30.3 Å². The van der Waals surface area contributed by atoms with Crippen molar-refractivity contribution in [3.63, 3.8) is 0 Å². The van der Waals surface area contributed by atoms with E-state index in [1.54, 1.807) is 28.4 Å². The molecule has 0 spiro atoms. The number of rotatable bonds is 6. The Morgan fingerprint density at radius 2 is 1.24 bits per heavy atom. The van der Waals surface area contributed by atoms with Crippen molar-refractivity contribution < 1.29 is 23.7 Å². The lowest BCUT2D eigenvalue weighted by Gasteiger charge is -2.38. The summed E-state index contributed by atoms with van der Waals surface area (Å²) in [5.74, 6) is 3.36. The fraction of sp³-hybridized carbons (Fsp3) is 0.205. The Hall–Kier alpha value is -5.41. The molecule has 7 rings (SSSR count). The van der Waals surface area contributed by atoms with Crippen LogP contribution in [0.15, 0.2) is 84.9 Å². The summed E-state index contributed by atoms with van der Waals surface area (Å²) in [7, 11) is 6.57. The van der Waals surface area contributed by atoms with Crippen LogP contribution in [0.1, 0.15) is 41.7 Å². The third-order valence-corrected chi connectivity index (χ3v) is 9.21. The van der Waals surface area contributed by atoms with Crippen molar-refractivity contribution in [3.05, 3.63) is 124 Å². The molecule has 0 bridgehead atoms. The quantitative estimate of drug-likeness (QED) is 0.183. The summed E-state index contributed by atoms with van der Waals surface area (Å²) < 4.78 is 30.3. The van der Waals surface area contributed by atoms with Gasteiger partial charge in [0.15, 0.2) is 11.3 Å². The fourth-order valence-corrected chi connectivity index (χ4v) is 7.01. The minimum Gasteiger partial charge on any atom is -0.497 e. The molecule has 0 saturated carbocycles. The summed E-state index contributed by atoms with van der Waals surface area (Å²) in [6.07, 6.45) is 4.29. The van der Waals surface area contributed by atoms with Crippen LogP contribution in [0.3, 0.4) is 0 Å². The minimum atomic E-state index is -1.10. The second kappa shape index (κ2) is 10.3. The van der Waals surface area contributed by atoms with E-state index in [1.165, 1.54) is 11.1 Å². The highest BCUT2D eigenvalue weighted by Crippen LogP contribution is 2.58. The highest BCUT2D eigenvalue weighted by molar-refractivity contribution is 6.08. The summed E-state index contributed by atoms with van der Waals surface area (Å²) in [5.41, 5.74) is 6.51. The molecule has 5 aromatic rings. The van der Waals surface area contributed by atoms with E-state index in [1.807, 2.05) is 54.6 Å². The molecule has 224 valence electrons. The maximum atomic E-state index is 7.66. The van der Waals surface area contributed by atoms with Gasteiger partial charge in [0.05, 0.1) is 35.0 Å². The lowest BCUT2D eigenvalue weighted by Crippen LogP contribution is -2.35. The monoisotopic (exact) mass is 595 g/mol. The SMILES string of the molecule is [C-]#[N+]c1ccc2c(c1)C(C)(C)c1c3c(c4ccccc4c1-2)OC(c1cc(OC)cc(OC)c1)(c1cc(OC)cc(OC)c1)C=C3. The molecule has 5 aromatic carbocycles. The van der Waals surface area contributed by atoms with Gasteiger partial charge in [-0.05, 0) is 58.0 Å². The second-order valence-corrected chi connectivity index (χ2v) is 11.9. The molecule has 0 atom stereocenters. The van der Waals surface area contributed by atoms with Gasteiger partial charge in [-0.1, -0.05) is 62.4 Å². The van der Waals surface area contributed by atoms with Crippen LogP contribution in [0.2, 0.25) is 0 Å². The van der Waals surface area contributed by atoms with Crippen molar-refractivity contribution in [2.45, 2.75) is 24.9 Å². The number of hydrogen-bond donors (Lipinski definition) is 0. The molecule has 2 aliphatic rings. The Bertz CT molecular complexity index is 1980. The topological polar surface area (TPSA) is 50.5 Å². The van der Waals surface area contributed by atoms with Crippen LogP contribution in [0.25, 0.3) is 32.8 Å². The average molecular weight is 596 g/mol. The second-order valence-electron chi connectivity index (χ2n) is 11.9. The van der Waals surface area contributed by atoms with Gasteiger partial charge in [0.1, 0.15) is 28.7 Å². The first kappa shape index (κ1) is 28.4. The molecule has 0 radical (unpaired) electrons. The Kier molecular flexibility index (Phi) is 6.52. The van der Waals surface area contributed by atoms with Crippen LogP contribution >= 0.6 is 0 Å². The number of benzene rings is 5. The van der Waals surface area contributed by atoms with Crippen molar-refractivity contribution >= 4 is 22.5 Å². The lowest BCUT2D eigenvalue weighted by atomic mass is 9.76. The van der Waals surface area contributed by atoms with Gasteiger partial charge in [-0.15, -0.1) is 0 Å². The van der Waals surface area contributed by atoms with Gasteiger partial charge in [0.2, 0.25) is 0 Å². The van der Waals surface area contributed by atoms with Crippen LogP contribution < -0.4 is 23.7 Å². The average Bonchev–Trinajstić information content (AvgIpc) is 3.33. The predicted molar refractivity (Wildman–Crippen MR) is 177 cm³/mol. The Morgan fingerprint density at radius 3 is 1.78 bits per heavy atom. The zero-order valence-electron chi connectivity index (χ0n) is 26.1. The smallest absolute Gasteiger partial charge is 0.187 e. The molecular weight excluding hydrogens is 562 g/mol. The molecule has 0 amide bonds. The van der Waals surface area contributed by atoms with Gasteiger partial charge in [-0.25, -0.2) is 4.85 Å². The van der Waals surface area contributed by atoms with E-state index < -0.39 is 5.60 Å². The molecule has 0 aromatic heterocycles. The number of nitrogens with zero attached hydrogens (tertiary/aromatic N) is 1. The maximum absolute atomic E-state index is 7.66. The molecule has 6 heteroatoms. The zero-order valence-corrected chi connectivity index (χ0v) is 26.1. The molecule has 0 saturated heterocycles. The van der Waals surface area contributed by atoms with E-state index in [9.17, 15) is 0 Å². The Morgan fingerprint density at radius 1 is 0.689 bits per heavy atom.